The summed E-state index contributed by atoms with van der Waals surface area (Å²) in [5.74, 6) is 0. The zero-order valence-electron chi connectivity index (χ0n) is 9.66. The molecule has 1 atom stereocenters. The molecule has 0 spiro atoms. The van der Waals surface area contributed by atoms with Crippen LogP contribution >= 0.6 is 11.8 Å². The second kappa shape index (κ2) is 3.86. The molecule has 0 saturated carbocycles. The van der Waals surface area contributed by atoms with Crippen molar-refractivity contribution in [3.8, 4) is 0 Å². The van der Waals surface area contributed by atoms with Gasteiger partial charge in [-0.25, -0.2) is 0 Å². The first-order chi connectivity index (χ1) is 7.74. The summed E-state index contributed by atoms with van der Waals surface area (Å²) >= 11 is 1.92. The lowest BCUT2D eigenvalue weighted by molar-refractivity contribution is 0.809. The van der Waals surface area contributed by atoms with E-state index in [1.807, 2.05) is 11.8 Å². The third-order valence-corrected chi connectivity index (χ3v) is 4.14. The van der Waals surface area contributed by atoms with Crippen molar-refractivity contribution in [1.29, 1.82) is 0 Å². The third-order valence-electron chi connectivity index (χ3n) is 2.92. The van der Waals surface area contributed by atoms with Gasteiger partial charge in [0.2, 0.25) is 0 Å². The molecule has 3 nitrogen and oxygen atoms in total. The van der Waals surface area contributed by atoms with E-state index in [1.54, 1.807) is 0 Å². The van der Waals surface area contributed by atoms with Gasteiger partial charge in [-0.3, -0.25) is 5.32 Å². The van der Waals surface area contributed by atoms with Crippen molar-refractivity contribution in [1.82, 2.24) is 5.32 Å². The summed E-state index contributed by atoms with van der Waals surface area (Å²) in [6, 6.07) is 7.17. The summed E-state index contributed by atoms with van der Waals surface area (Å²) in [6.45, 7) is 6.56. The van der Waals surface area contributed by atoms with E-state index in [0.29, 0.717) is 11.5 Å². The van der Waals surface area contributed by atoms with Crippen LogP contribution in [0.5, 0.6) is 0 Å². The summed E-state index contributed by atoms with van der Waals surface area (Å²) < 4.78 is 0. The molecule has 86 valence electrons. The molecular formula is C12H17N3S. The van der Waals surface area contributed by atoms with Crippen molar-refractivity contribution in [2.24, 2.45) is 0 Å². The second-order valence-electron chi connectivity index (χ2n) is 4.60. The molecule has 1 aromatic carbocycles. The molecule has 0 radical (unpaired) electrons. The van der Waals surface area contributed by atoms with E-state index >= 15 is 0 Å². The predicted molar refractivity (Wildman–Crippen MR) is 70.2 cm³/mol. The highest BCUT2D eigenvalue weighted by molar-refractivity contribution is 8.00. The molecule has 3 rings (SSSR count). The monoisotopic (exact) mass is 235 g/mol. The number of anilines is 2. The fourth-order valence-electron chi connectivity index (χ4n) is 2.28. The topological polar surface area (TPSA) is 27.3 Å². The zero-order chi connectivity index (χ0) is 11.1. The van der Waals surface area contributed by atoms with Crippen molar-refractivity contribution in [3.63, 3.8) is 0 Å². The van der Waals surface area contributed by atoms with Gasteiger partial charge in [0.15, 0.2) is 0 Å². The van der Waals surface area contributed by atoms with Crippen LogP contribution in [0, 0.1) is 0 Å². The molecule has 1 unspecified atom stereocenters. The molecule has 0 amide bonds. The number of nitrogens with zero attached hydrogens (tertiary/aromatic N) is 1. The standard InChI is InChI=1S/C12H17N3S/c1-8(2)14-9-3-4-10-11(7-9)16-12-13-5-6-15(10)12/h3-4,7-8,12-14H,5-6H2,1-2H3. The summed E-state index contributed by atoms with van der Waals surface area (Å²) in [4.78, 5) is 3.84. The summed E-state index contributed by atoms with van der Waals surface area (Å²) in [5, 5.41) is 6.94. The van der Waals surface area contributed by atoms with Gasteiger partial charge in [-0.2, -0.15) is 0 Å². The fourth-order valence-corrected chi connectivity index (χ4v) is 3.57. The van der Waals surface area contributed by atoms with Gasteiger partial charge in [-0.1, -0.05) is 11.8 Å². The number of fused-ring (bicyclic) bond motifs is 3. The smallest absolute Gasteiger partial charge is 0.133 e. The van der Waals surface area contributed by atoms with Gasteiger partial charge in [0.1, 0.15) is 5.50 Å². The van der Waals surface area contributed by atoms with Gasteiger partial charge in [0, 0.05) is 29.7 Å². The van der Waals surface area contributed by atoms with Gasteiger partial charge in [-0.05, 0) is 32.0 Å². The van der Waals surface area contributed by atoms with Crippen LogP contribution < -0.4 is 15.5 Å². The van der Waals surface area contributed by atoms with Crippen molar-refractivity contribution in [2.75, 3.05) is 23.3 Å². The maximum Gasteiger partial charge on any atom is 0.133 e. The fraction of sp³-hybridized carbons (Fsp3) is 0.500. The molecule has 1 aromatic rings. The summed E-state index contributed by atoms with van der Waals surface area (Å²) in [5.41, 5.74) is 3.07. The van der Waals surface area contributed by atoms with Gasteiger partial charge in [0.05, 0.1) is 5.69 Å². The highest BCUT2D eigenvalue weighted by Crippen LogP contribution is 2.44. The molecule has 0 aliphatic carbocycles. The molecule has 2 aliphatic heterocycles. The number of benzene rings is 1. The zero-order valence-corrected chi connectivity index (χ0v) is 10.5. The first-order valence-corrected chi connectivity index (χ1v) is 6.69. The molecule has 1 saturated heterocycles. The van der Waals surface area contributed by atoms with Crippen LogP contribution in [0.4, 0.5) is 11.4 Å². The van der Waals surface area contributed by atoms with Gasteiger partial charge < -0.3 is 10.2 Å². The van der Waals surface area contributed by atoms with Crippen molar-refractivity contribution < 1.29 is 0 Å². The Bertz CT molecular complexity index is 405. The van der Waals surface area contributed by atoms with Crippen LogP contribution in [-0.4, -0.2) is 24.6 Å². The number of hydrogen-bond acceptors (Lipinski definition) is 4. The summed E-state index contributed by atoms with van der Waals surface area (Å²) in [7, 11) is 0. The molecule has 2 N–H and O–H groups in total. The van der Waals surface area contributed by atoms with Crippen LogP contribution in [0.3, 0.4) is 0 Å². The highest BCUT2D eigenvalue weighted by atomic mass is 32.2. The third kappa shape index (κ3) is 1.66. The van der Waals surface area contributed by atoms with E-state index < -0.39 is 0 Å². The molecule has 0 bridgehead atoms. The van der Waals surface area contributed by atoms with E-state index in [4.69, 9.17) is 0 Å². The second-order valence-corrected chi connectivity index (χ2v) is 5.72. The maximum atomic E-state index is 3.49. The lowest BCUT2D eigenvalue weighted by Crippen LogP contribution is -2.28. The molecule has 16 heavy (non-hydrogen) atoms. The van der Waals surface area contributed by atoms with Crippen LogP contribution in [0.2, 0.25) is 0 Å². The van der Waals surface area contributed by atoms with Crippen LogP contribution in [0.15, 0.2) is 23.1 Å². The SMILES string of the molecule is CC(C)Nc1ccc2c(c1)SC1NCCN21. The minimum absolute atomic E-state index is 0.462. The van der Waals surface area contributed by atoms with Crippen LogP contribution in [0.1, 0.15) is 13.8 Å². The van der Waals surface area contributed by atoms with Gasteiger partial charge >= 0.3 is 0 Å². The average molecular weight is 235 g/mol. The van der Waals surface area contributed by atoms with E-state index in [9.17, 15) is 0 Å². The number of thioether (sulfide) groups is 1. The van der Waals surface area contributed by atoms with E-state index in [1.165, 1.54) is 16.3 Å². The molecule has 4 heteroatoms. The Balaban J connectivity index is 1.88. The quantitative estimate of drug-likeness (QED) is 0.822. The Hall–Kier alpha value is -0.870. The normalized spacial score (nSPS) is 22.4. The van der Waals surface area contributed by atoms with Crippen LogP contribution in [0.25, 0.3) is 0 Å². The minimum atomic E-state index is 0.462. The van der Waals surface area contributed by atoms with Crippen LogP contribution in [-0.2, 0) is 0 Å². The maximum absolute atomic E-state index is 3.49. The van der Waals surface area contributed by atoms with E-state index in [-0.39, 0.29) is 0 Å². The Morgan fingerprint density at radius 1 is 1.50 bits per heavy atom. The number of nitrogens with one attached hydrogen (secondary N) is 2. The Morgan fingerprint density at radius 3 is 3.19 bits per heavy atom. The number of hydrogen-bond donors (Lipinski definition) is 2. The largest absolute Gasteiger partial charge is 0.383 e. The molecular weight excluding hydrogens is 218 g/mol. The Kier molecular flexibility index (Phi) is 2.48. The van der Waals surface area contributed by atoms with E-state index in [0.717, 1.165) is 13.1 Å². The summed E-state index contributed by atoms with van der Waals surface area (Å²) in [6.07, 6.45) is 0. The first-order valence-electron chi connectivity index (χ1n) is 5.81. The van der Waals surface area contributed by atoms with Gasteiger partial charge in [0.25, 0.3) is 0 Å². The van der Waals surface area contributed by atoms with E-state index in [2.05, 4.69) is 47.6 Å². The van der Waals surface area contributed by atoms with Gasteiger partial charge in [-0.15, -0.1) is 0 Å². The lowest BCUT2D eigenvalue weighted by Gasteiger charge is -2.16. The first kappa shape index (κ1) is 10.3. The molecule has 2 aliphatic rings. The lowest BCUT2D eigenvalue weighted by atomic mass is 10.2. The minimum Gasteiger partial charge on any atom is -0.383 e. The van der Waals surface area contributed by atoms with Crippen molar-refractivity contribution in [2.45, 2.75) is 30.3 Å². The van der Waals surface area contributed by atoms with Crippen molar-refractivity contribution >= 4 is 23.1 Å². The number of rotatable bonds is 2. The Labute approximate surface area is 101 Å². The predicted octanol–water partition coefficient (Wildman–Crippen LogP) is 2.31. The average Bonchev–Trinajstić information content (AvgIpc) is 2.75. The highest BCUT2D eigenvalue weighted by Gasteiger charge is 2.33. The molecule has 0 aromatic heterocycles. The molecule has 2 heterocycles. The van der Waals surface area contributed by atoms with Crippen molar-refractivity contribution in [3.05, 3.63) is 18.2 Å². The Morgan fingerprint density at radius 2 is 2.38 bits per heavy atom. The molecule has 1 fully saturated rings.